The van der Waals surface area contributed by atoms with Crippen LogP contribution in [0.3, 0.4) is 0 Å². The van der Waals surface area contributed by atoms with Gasteiger partial charge < -0.3 is 9.53 Å². The van der Waals surface area contributed by atoms with Crippen LogP contribution in [0, 0.1) is 0 Å². The highest BCUT2D eigenvalue weighted by molar-refractivity contribution is 7.14. The van der Waals surface area contributed by atoms with Crippen LogP contribution in [-0.4, -0.2) is 56.4 Å². The molecule has 2 rings (SSSR count). The third-order valence-corrected chi connectivity index (χ3v) is 9.96. The molecule has 0 saturated heterocycles. The van der Waals surface area contributed by atoms with E-state index < -0.39 is 14.3 Å². The van der Waals surface area contributed by atoms with E-state index >= 15 is 0 Å². The smallest absolute Gasteiger partial charge is 0.327 e. The molecule has 9 nitrogen and oxygen atoms in total. The molecule has 0 bridgehead atoms. The van der Waals surface area contributed by atoms with E-state index in [0.29, 0.717) is 10.8 Å². The number of aryl methyl sites for hydroxylation is 1. The average molecular weight is 399 g/mol. The summed E-state index contributed by atoms with van der Waals surface area (Å²) in [5.74, 6) is -0.719. The third kappa shape index (κ3) is 5.64. The highest BCUT2D eigenvalue weighted by Crippen LogP contribution is 2.36. The van der Waals surface area contributed by atoms with Gasteiger partial charge in [-0.2, -0.15) is 4.80 Å². The number of aliphatic carboxylic acids is 1. The monoisotopic (exact) mass is 398 g/mol. The lowest BCUT2D eigenvalue weighted by atomic mass is 10.2. The van der Waals surface area contributed by atoms with Crippen molar-refractivity contribution in [1.82, 2.24) is 30.4 Å². The summed E-state index contributed by atoms with van der Waals surface area (Å²) in [6.07, 6.45) is 2.78. The molecule has 0 fully saturated rings. The second kappa shape index (κ2) is 8.31. The molecule has 0 unspecified atom stereocenters. The van der Waals surface area contributed by atoms with Gasteiger partial charge in [-0.25, -0.2) is 0 Å². The Balaban J connectivity index is 1.78. The number of carbonyl (C=O) groups is 1. The third-order valence-electron chi connectivity index (χ3n) is 4.44. The first-order valence-electron chi connectivity index (χ1n) is 8.55. The predicted molar refractivity (Wildman–Crippen MR) is 100 cm³/mol. The topological polar surface area (TPSA) is 116 Å². The molecule has 0 aromatic carbocycles. The summed E-state index contributed by atoms with van der Waals surface area (Å²) >= 11 is 1.41. The minimum absolute atomic E-state index is 0.228. The van der Waals surface area contributed by atoms with Crippen molar-refractivity contribution in [2.24, 2.45) is 0 Å². The van der Waals surface area contributed by atoms with Gasteiger partial charge in [0, 0.05) is 13.0 Å². The molecule has 2 aromatic heterocycles. The van der Waals surface area contributed by atoms with Gasteiger partial charge in [-0.3, -0.25) is 4.79 Å². The zero-order chi connectivity index (χ0) is 19.4. The van der Waals surface area contributed by atoms with Gasteiger partial charge in [0.05, 0.1) is 0 Å². The van der Waals surface area contributed by atoms with Crippen molar-refractivity contribution < 1.29 is 14.3 Å². The molecule has 0 aliphatic rings. The molecule has 0 amide bonds. The van der Waals surface area contributed by atoms with Crippen molar-refractivity contribution in [3.05, 3.63) is 5.01 Å². The Morgan fingerprint density at radius 1 is 1.23 bits per heavy atom. The van der Waals surface area contributed by atoms with Crippen molar-refractivity contribution in [2.45, 2.75) is 64.7 Å². The summed E-state index contributed by atoms with van der Waals surface area (Å²) in [5, 5.41) is 30.1. The summed E-state index contributed by atoms with van der Waals surface area (Å²) in [7, 11) is -1.68. The molecule has 2 aromatic rings. The minimum Gasteiger partial charge on any atom is -0.480 e. The lowest BCUT2D eigenvalue weighted by Crippen LogP contribution is -2.40. The van der Waals surface area contributed by atoms with Crippen molar-refractivity contribution >= 4 is 25.6 Å². The summed E-state index contributed by atoms with van der Waals surface area (Å²) in [6.45, 7) is 11.7. The zero-order valence-corrected chi connectivity index (χ0v) is 17.7. The van der Waals surface area contributed by atoms with Crippen LogP contribution in [0.25, 0.3) is 10.8 Å². The molecule has 0 aliphatic carbocycles. The summed E-state index contributed by atoms with van der Waals surface area (Å²) < 4.78 is 6.17. The number of carboxylic acids is 1. The van der Waals surface area contributed by atoms with Gasteiger partial charge in [-0.15, -0.1) is 20.4 Å². The highest BCUT2D eigenvalue weighted by atomic mass is 32.1. The Labute approximate surface area is 157 Å². The number of nitrogens with zero attached hydrogens (tertiary/aromatic N) is 6. The van der Waals surface area contributed by atoms with Crippen LogP contribution in [0.4, 0.5) is 0 Å². The minimum atomic E-state index is -1.68. The van der Waals surface area contributed by atoms with Gasteiger partial charge in [0.15, 0.2) is 19.9 Å². The molecule has 0 saturated carbocycles. The van der Waals surface area contributed by atoms with Crippen LogP contribution in [0.5, 0.6) is 0 Å². The van der Waals surface area contributed by atoms with E-state index in [2.05, 4.69) is 59.5 Å². The number of unbranched alkanes of at least 4 members (excludes halogenated alkanes) is 1. The normalized spacial score (nSPS) is 12.5. The first-order chi connectivity index (χ1) is 12.1. The fraction of sp³-hybridized carbons (Fsp3) is 0.733. The van der Waals surface area contributed by atoms with Gasteiger partial charge in [-0.05, 0) is 36.2 Å². The Hall–Kier alpha value is -1.72. The molecule has 0 radical (unpaired) electrons. The largest absolute Gasteiger partial charge is 0.480 e. The van der Waals surface area contributed by atoms with E-state index in [1.807, 2.05) is 0 Å². The Morgan fingerprint density at radius 3 is 2.62 bits per heavy atom. The molecular formula is C15H26N6O3SSi. The first kappa shape index (κ1) is 20.6. The van der Waals surface area contributed by atoms with Gasteiger partial charge in [0.25, 0.3) is 0 Å². The second-order valence-corrected chi connectivity index (χ2v) is 13.5. The van der Waals surface area contributed by atoms with E-state index in [-0.39, 0.29) is 11.6 Å². The van der Waals surface area contributed by atoms with Crippen molar-refractivity contribution in [3.63, 3.8) is 0 Å². The van der Waals surface area contributed by atoms with E-state index in [4.69, 9.17) is 9.53 Å². The van der Waals surface area contributed by atoms with E-state index in [1.54, 1.807) is 0 Å². The number of hydrogen-bond acceptors (Lipinski definition) is 8. The first-order valence-corrected chi connectivity index (χ1v) is 12.3. The molecule has 0 spiro atoms. The zero-order valence-electron chi connectivity index (χ0n) is 15.9. The van der Waals surface area contributed by atoms with Gasteiger partial charge >= 0.3 is 5.97 Å². The van der Waals surface area contributed by atoms with E-state index in [0.717, 1.165) is 35.7 Å². The lowest BCUT2D eigenvalue weighted by molar-refractivity contribution is -0.138. The number of tetrazole rings is 1. The van der Waals surface area contributed by atoms with Gasteiger partial charge in [0.2, 0.25) is 5.82 Å². The Bertz CT molecular complexity index is 740. The van der Waals surface area contributed by atoms with Crippen LogP contribution >= 0.6 is 11.3 Å². The van der Waals surface area contributed by atoms with Gasteiger partial charge in [0.1, 0.15) is 5.01 Å². The fourth-order valence-corrected chi connectivity index (χ4v) is 3.78. The number of aromatic nitrogens is 6. The fourth-order valence-electron chi connectivity index (χ4n) is 1.88. The summed E-state index contributed by atoms with van der Waals surface area (Å²) in [6, 6.07) is 0. The summed E-state index contributed by atoms with van der Waals surface area (Å²) in [4.78, 5) is 11.7. The molecule has 2 heterocycles. The van der Waals surface area contributed by atoms with Crippen molar-refractivity contribution in [2.75, 3.05) is 6.61 Å². The van der Waals surface area contributed by atoms with E-state index in [1.165, 1.54) is 11.3 Å². The maximum absolute atomic E-state index is 10.6. The van der Waals surface area contributed by atoms with E-state index in [9.17, 15) is 4.79 Å². The van der Waals surface area contributed by atoms with Crippen LogP contribution < -0.4 is 0 Å². The maximum Gasteiger partial charge on any atom is 0.327 e. The van der Waals surface area contributed by atoms with Crippen LogP contribution in [-0.2, 0) is 22.2 Å². The van der Waals surface area contributed by atoms with Crippen LogP contribution in [0.2, 0.25) is 18.1 Å². The Kier molecular flexibility index (Phi) is 6.58. The Morgan fingerprint density at radius 2 is 1.96 bits per heavy atom. The van der Waals surface area contributed by atoms with Gasteiger partial charge in [-0.1, -0.05) is 32.1 Å². The quantitative estimate of drug-likeness (QED) is 0.506. The van der Waals surface area contributed by atoms with Crippen LogP contribution in [0.1, 0.15) is 38.6 Å². The molecule has 11 heteroatoms. The maximum atomic E-state index is 10.6. The van der Waals surface area contributed by atoms with Crippen molar-refractivity contribution in [1.29, 1.82) is 0 Å². The lowest BCUT2D eigenvalue weighted by Gasteiger charge is -2.36. The molecule has 0 aliphatic heterocycles. The molecule has 26 heavy (non-hydrogen) atoms. The molecule has 0 atom stereocenters. The number of carboxylic acid groups (broad SMARTS) is 1. The number of rotatable bonds is 9. The average Bonchev–Trinajstić information content (AvgIpc) is 3.14. The summed E-state index contributed by atoms with van der Waals surface area (Å²) in [5.41, 5.74) is 0. The standard InChI is InChI=1S/C15H26N6O3SSi/c1-15(2,3)26(4,5)24-9-7-6-8-11-16-18-14(25-11)13-17-20-21(19-13)10-12(22)23/h6-10H2,1-5H3,(H,22,23). The van der Waals surface area contributed by atoms with Crippen molar-refractivity contribution in [3.8, 4) is 10.8 Å². The molecular weight excluding hydrogens is 372 g/mol. The molecule has 1 N–H and O–H groups in total. The SMILES string of the molecule is CC(C)(C)[Si](C)(C)OCCCCc1nnc(-c2nnn(CC(=O)O)n2)s1. The highest BCUT2D eigenvalue weighted by Gasteiger charge is 2.36. The predicted octanol–water partition coefficient (Wildman–Crippen LogP) is 2.62. The molecule has 144 valence electrons. The second-order valence-electron chi connectivity index (χ2n) is 7.60. The number of hydrogen-bond donors (Lipinski definition) is 1. The van der Waals surface area contributed by atoms with Crippen LogP contribution in [0.15, 0.2) is 0 Å².